The number of aromatic nitrogens is 2. The van der Waals surface area contributed by atoms with Gasteiger partial charge in [-0.25, -0.2) is 14.4 Å². The van der Waals surface area contributed by atoms with E-state index in [4.69, 9.17) is 4.74 Å². The van der Waals surface area contributed by atoms with E-state index < -0.39 is 5.82 Å². The number of benzene rings is 2. The van der Waals surface area contributed by atoms with Crippen molar-refractivity contribution in [2.24, 2.45) is 0 Å². The molecule has 0 fully saturated rings. The first kappa shape index (κ1) is 15.0. The third kappa shape index (κ3) is 3.83. The van der Waals surface area contributed by atoms with Gasteiger partial charge in [0.05, 0.1) is 7.11 Å². The van der Waals surface area contributed by atoms with Gasteiger partial charge < -0.3 is 10.1 Å². The molecular weight excluding hydrogens is 293 g/mol. The van der Waals surface area contributed by atoms with Gasteiger partial charge in [0.1, 0.15) is 11.6 Å². The molecule has 0 spiro atoms. The third-order valence-electron chi connectivity index (χ3n) is 3.33. The maximum absolute atomic E-state index is 13.4. The highest BCUT2D eigenvalue weighted by Crippen LogP contribution is 2.23. The molecule has 0 bridgehead atoms. The van der Waals surface area contributed by atoms with Gasteiger partial charge in [-0.15, -0.1) is 0 Å². The minimum Gasteiger partial charge on any atom is -0.494 e. The summed E-state index contributed by atoms with van der Waals surface area (Å²) in [6.07, 6.45) is 2.36. The number of halogens is 1. The Morgan fingerprint density at radius 3 is 2.70 bits per heavy atom. The van der Waals surface area contributed by atoms with E-state index in [1.165, 1.54) is 13.2 Å². The lowest BCUT2D eigenvalue weighted by molar-refractivity contribution is 0.387. The van der Waals surface area contributed by atoms with Crippen molar-refractivity contribution in [3.63, 3.8) is 0 Å². The Kier molecular flexibility index (Phi) is 4.47. The number of hydrogen-bond acceptors (Lipinski definition) is 4. The molecule has 4 nitrogen and oxygen atoms in total. The lowest BCUT2D eigenvalue weighted by Gasteiger charge is -2.09. The Balaban J connectivity index is 1.77. The summed E-state index contributed by atoms with van der Waals surface area (Å²) >= 11 is 0. The highest BCUT2D eigenvalue weighted by molar-refractivity contribution is 5.58. The molecule has 2 aromatic carbocycles. The molecule has 0 aliphatic heterocycles. The number of rotatable bonds is 5. The molecule has 0 aliphatic carbocycles. The van der Waals surface area contributed by atoms with Crippen molar-refractivity contribution in [1.29, 1.82) is 0 Å². The van der Waals surface area contributed by atoms with Crippen LogP contribution in [0.5, 0.6) is 5.75 Å². The summed E-state index contributed by atoms with van der Waals surface area (Å²) in [5.41, 5.74) is 1.85. The van der Waals surface area contributed by atoms with Gasteiger partial charge in [0.2, 0.25) is 0 Å². The summed E-state index contributed by atoms with van der Waals surface area (Å²) in [5.74, 6) is 1.16. The molecule has 1 aromatic heterocycles. The normalized spacial score (nSPS) is 10.3. The highest BCUT2D eigenvalue weighted by Gasteiger charge is 2.05. The molecule has 0 unspecified atom stereocenters. The molecule has 5 heteroatoms. The summed E-state index contributed by atoms with van der Waals surface area (Å²) in [6.45, 7) is 0. The minimum absolute atomic E-state index is 0.188. The van der Waals surface area contributed by atoms with Crippen molar-refractivity contribution in [3.05, 3.63) is 78.0 Å². The highest BCUT2D eigenvalue weighted by atomic mass is 19.1. The van der Waals surface area contributed by atoms with E-state index in [2.05, 4.69) is 15.3 Å². The molecule has 1 N–H and O–H groups in total. The van der Waals surface area contributed by atoms with Gasteiger partial charge in [-0.05, 0) is 23.8 Å². The van der Waals surface area contributed by atoms with Crippen molar-refractivity contribution < 1.29 is 9.13 Å². The van der Waals surface area contributed by atoms with E-state index in [1.54, 1.807) is 24.4 Å². The number of anilines is 2. The summed E-state index contributed by atoms with van der Waals surface area (Å²) < 4.78 is 18.4. The zero-order valence-corrected chi connectivity index (χ0v) is 12.7. The molecular formula is C18H16FN3O. The molecule has 116 valence electrons. The Bertz CT molecular complexity index is 793. The van der Waals surface area contributed by atoms with Crippen LogP contribution in [0.1, 0.15) is 11.4 Å². The van der Waals surface area contributed by atoms with Crippen molar-refractivity contribution in [3.8, 4) is 5.75 Å². The van der Waals surface area contributed by atoms with Crippen molar-refractivity contribution in [2.75, 3.05) is 12.4 Å². The predicted molar refractivity (Wildman–Crippen MR) is 87.5 cm³/mol. The number of hydrogen-bond donors (Lipinski definition) is 1. The van der Waals surface area contributed by atoms with Gasteiger partial charge in [-0.2, -0.15) is 0 Å². The second-order valence-corrected chi connectivity index (χ2v) is 4.99. The van der Waals surface area contributed by atoms with E-state index in [1.807, 2.05) is 30.3 Å². The Hall–Kier alpha value is -2.95. The summed E-state index contributed by atoms with van der Waals surface area (Å²) in [7, 11) is 1.44. The van der Waals surface area contributed by atoms with Crippen LogP contribution in [0, 0.1) is 5.82 Å². The molecule has 0 aliphatic rings. The van der Waals surface area contributed by atoms with E-state index in [0.717, 1.165) is 11.4 Å². The number of ether oxygens (including phenoxy) is 1. The fourth-order valence-corrected chi connectivity index (χ4v) is 2.22. The Morgan fingerprint density at radius 2 is 1.91 bits per heavy atom. The van der Waals surface area contributed by atoms with Crippen LogP contribution in [0.15, 0.2) is 60.8 Å². The van der Waals surface area contributed by atoms with E-state index in [9.17, 15) is 4.39 Å². The molecule has 3 aromatic rings. The van der Waals surface area contributed by atoms with Crippen LogP contribution < -0.4 is 10.1 Å². The monoisotopic (exact) mass is 309 g/mol. The van der Waals surface area contributed by atoms with E-state index in [-0.39, 0.29) is 5.75 Å². The first-order valence-corrected chi connectivity index (χ1v) is 7.21. The van der Waals surface area contributed by atoms with Crippen LogP contribution >= 0.6 is 0 Å². The zero-order valence-electron chi connectivity index (χ0n) is 12.7. The topological polar surface area (TPSA) is 47.0 Å². The standard InChI is InChI=1S/C18H16FN3O/c1-23-16-12-14(7-8-15(16)19)21-17-9-10-20-18(22-17)11-13-5-3-2-4-6-13/h2-10,12H,11H2,1H3,(H,20,21,22). The lowest BCUT2D eigenvalue weighted by atomic mass is 10.1. The summed E-state index contributed by atoms with van der Waals surface area (Å²) in [4.78, 5) is 8.77. The molecule has 0 saturated heterocycles. The minimum atomic E-state index is -0.398. The molecule has 0 radical (unpaired) electrons. The predicted octanol–water partition coefficient (Wildman–Crippen LogP) is 3.96. The van der Waals surface area contributed by atoms with Crippen LogP contribution in [-0.4, -0.2) is 17.1 Å². The zero-order chi connectivity index (χ0) is 16.1. The van der Waals surface area contributed by atoms with Crippen LogP contribution in [-0.2, 0) is 6.42 Å². The Morgan fingerprint density at radius 1 is 1.09 bits per heavy atom. The van der Waals surface area contributed by atoms with Gasteiger partial charge in [0.25, 0.3) is 0 Å². The van der Waals surface area contributed by atoms with Gasteiger partial charge in [0.15, 0.2) is 11.6 Å². The Labute approximate surface area is 134 Å². The average Bonchev–Trinajstić information content (AvgIpc) is 2.58. The SMILES string of the molecule is COc1cc(Nc2ccnc(Cc3ccccc3)n2)ccc1F. The average molecular weight is 309 g/mol. The largest absolute Gasteiger partial charge is 0.494 e. The second kappa shape index (κ2) is 6.87. The smallest absolute Gasteiger partial charge is 0.165 e. The number of nitrogens with one attached hydrogen (secondary N) is 1. The maximum atomic E-state index is 13.4. The van der Waals surface area contributed by atoms with Crippen LogP contribution in [0.25, 0.3) is 0 Å². The quantitative estimate of drug-likeness (QED) is 0.775. The number of methoxy groups -OCH3 is 1. The third-order valence-corrected chi connectivity index (χ3v) is 3.33. The molecule has 0 saturated carbocycles. The molecule has 0 amide bonds. The van der Waals surface area contributed by atoms with Crippen molar-refractivity contribution >= 4 is 11.5 Å². The summed E-state index contributed by atoms with van der Waals surface area (Å²) in [5, 5.41) is 3.13. The van der Waals surface area contributed by atoms with Crippen molar-refractivity contribution in [2.45, 2.75) is 6.42 Å². The fraction of sp³-hybridized carbons (Fsp3) is 0.111. The van der Waals surface area contributed by atoms with Crippen LogP contribution in [0.4, 0.5) is 15.9 Å². The molecule has 1 heterocycles. The van der Waals surface area contributed by atoms with Crippen LogP contribution in [0.2, 0.25) is 0 Å². The first-order chi connectivity index (χ1) is 11.2. The van der Waals surface area contributed by atoms with E-state index in [0.29, 0.717) is 17.9 Å². The first-order valence-electron chi connectivity index (χ1n) is 7.21. The molecule has 0 atom stereocenters. The lowest BCUT2D eigenvalue weighted by Crippen LogP contribution is -2.01. The van der Waals surface area contributed by atoms with Gasteiger partial charge >= 0.3 is 0 Å². The molecule has 23 heavy (non-hydrogen) atoms. The van der Waals surface area contributed by atoms with Gasteiger partial charge in [-0.1, -0.05) is 30.3 Å². The maximum Gasteiger partial charge on any atom is 0.165 e. The van der Waals surface area contributed by atoms with Crippen LogP contribution in [0.3, 0.4) is 0 Å². The molecule has 3 rings (SSSR count). The van der Waals surface area contributed by atoms with E-state index >= 15 is 0 Å². The fourth-order valence-electron chi connectivity index (χ4n) is 2.22. The van der Waals surface area contributed by atoms with Gasteiger partial charge in [-0.3, -0.25) is 0 Å². The second-order valence-electron chi connectivity index (χ2n) is 4.99. The van der Waals surface area contributed by atoms with Gasteiger partial charge in [0, 0.05) is 24.4 Å². The number of nitrogens with zero attached hydrogens (tertiary/aromatic N) is 2. The van der Waals surface area contributed by atoms with Crippen molar-refractivity contribution in [1.82, 2.24) is 9.97 Å². The summed E-state index contributed by atoms with van der Waals surface area (Å²) in [6, 6.07) is 16.4.